The van der Waals surface area contributed by atoms with Gasteiger partial charge in [0, 0.05) is 6.42 Å². The minimum absolute atomic E-state index is 0.0475. The second kappa shape index (κ2) is 2.69. The van der Waals surface area contributed by atoms with Crippen LogP contribution in [0.2, 0.25) is 0 Å². The topological polar surface area (TPSA) is 26.3 Å². The number of rotatable bonds is 0. The van der Waals surface area contributed by atoms with Crippen molar-refractivity contribution in [2.24, 2.45) is 0 Å². The Hall–Kier alpha value is -0.0500. The van der Waals surface area contributed by atoms with Gasteiger partial charge in [-0.1, -0.05) is 15.9 Å². The number of cyclic esters (lactones) is 1. The van der Waals surface area contributed by atoms with E-state index in [1.807, 2.05) is 6.92 Å². The van der Waals surface area contributed by atoms with Crippen molar-refractivity contribution < 1.29 is 9.53 Å². The Morgan fingerprint density at radius 2 is 2.44 bits per heavy atom. The Labute approximate surface area is 62.7 Å². The van der Waals surface area contributed by atoms with Gasteiger partial charge in [-0.25, -0.2) is 0 Å². The third kappa shape index (κ3) is 1.68. The van der Waals surface area contributed by atoms with Crippen LogP contribution in [0.1, 0.15) is 19.8 Å². The molecule has 0 aromatic carbocycles. The predicted molar refractivity (Wildman–Crippen MR) is 37.5 cm³/mol. The molecule has 1 aliphatic heterocycles. The first-order valence-electron chi connectivity index (χ1n) is 3.03. The highest BCUT2D eigenvalue weighted by molar-refractivity contribution is 9.09. The smallest absolute Gasteiger partial charge is 0.306 e. The van der Waals surface area contributed by atoms with Crippen molar-refractivity contribution in [1.82, 2.24) is 0 Å². The fourth-order valence-electron chi connectivity index (χ4n) is 0.831. The predicted octanol–water partition coefficient (Wildman–Crippen LogP) is 1.48. The lowest BCUT2D eigenvalue weighted by molar-refractivity contribution is -0.151. The van der Waals surface area contributed by atoms with Gasteiger partial charge in [0.15, 0.2) is 0 Å². The summed E-state index contributed by atoms with van der Waals surface area (Å²) in [5.74, 6) is -0.0711. The van der Waals surface area contributed by atoms with Crippen molar-refractivity contribution in [1.29, 1.82) is 0 Å². The number of carbonyl (C=O) groups is 1. The quantitative estimate of drug-likeness (QED) is 0.430. The fraction of sp³-hybridized carbons (Fsp3) is 0.833. The van der Waals surface area contributed by atoms with Gasteiger partial charge < -0.3 is 4.74 Å². The van der Waals surface area contributed by atoms with Crippen molar-refractivity contribution >= 4 is 21.9 Å². The molecule has 9 heavy (non-hydrogen) atoms. The number of hydrogen-bond donors (Lipinski definition) is 0. The Morgan fingerprint density at radius 3 is 2.89 bits per heavy atom. The molecule has 2 nitrogen and oxygen atoms in total. The van der Waals surface area contributed by atoms with Crippen molar-refractivity contribution in [3.05, 3.63) is 0 Å². The summed E-state index contributed by atoms with van der Waals surface area (Å²) in [6, 6.07) is 0. The lowest BCUT2D eigenvalue weighted by Gasteiger charge is -2.23. The van der Waals surface area contributed by atoms with Crippen LogP contribution in [0.15, 0.2) is 0 Å². The van der Waals surface area contributed by atoms with Crippen LogP contribution in [0.4, 0.5) is 0 Å². The first-order valence-corrected chi connectivity index (χ1v) is 3.95. The maximum atomic E-state index is 10.6. The zero-order valence-corrected chi connectivity index (χ0v) is 6.85. The molecule has 1 heterocycles. The van der Waals surface area contributed by atoms with Gasteiger partial charge >= 0.3 is 5.97 Å². The average Bonchev–Trinajstić information content (AvgIpc) is 1.80. The molecule has 0 radical (unpaired) electrons. The van der Waals surface area contributed by atoms with Gasteiger partial charge in [-0.3, -0.25) is 4.79 Å². The Kier molecular flexibility index (Phi) is 2.11. The molecule has 2 unspecified atom stereocenters. The second-order valence-electron chi connectivity index (χ2n) is 2.25. The van der Waals surface area contributed by atoms with Crippen LogP contribution < -0.4 is 0 Å². The molecule has 1 saturated heterocycles. The minimum atomic E-state index is -0.0711. The molecule has 0 aliphatic carbocycles. The van der Waals surface area contributed by atoms with Gasteiger partial charge in [-0.05, 0) is 13.3 Å². The summed E-state index contributed by atoms with van der Waals surface area (Å²) in [7, 11) is 0. The van der Waals surface area contributed by atoms with Crippen molar-refractivity contribution in [3.8, 4) is 0 Å². The molecule has 0 bridgehead atoms. The Morgan fingerprint density at radius 1 is 1.78 bits per heavy atom. The summed E-state index contributed by atoms with van der Waals surface area (Å²) in [6.45, 7) is 1.90. The maximum Gasteiger partial charge on any atom is 0.306 e. The van der Waals surface area contributed by atoms with Gasteiger partial charge in [0.2, 0.25) is 0 Å². The van der Waals surface area contributed by atoms with E-state index in [0.717, 1.165) is 6.42 Å². The van der Waals surface area contributed by atoms with Gasteiger partial charge in [-0.2, -0.15) is 0 Å². The summed E-state index contributed by atoms with van der Waals surface area (Å²) in [5.41, 5.74) is 0. The SMILES string of the molecule is CC1OC(=O)CCC1Br. The van der Waals surface area contributed by atoms with E-state index >= 15 is 0 Å². The number of hydrogen-bond acceptors (Lipinski definition) is 2. The molecule has 0 aromatic heterocycles. The van der Waals surface area contributed by atoms with Crippen molar-refractivity contribution in [3.63, 3.8) is 0 Å². The van der Waals surface area contributed by atoms with Gasteiger partial charge in [0.25, 0.3) is 0 Å². The van der Waals surface area contributed by atoms with E-state index in [9.17, 15) is 4.79 Å². The van der Waals surface area contributed by atoms with E-state index < -0.39 is 0 Å². The van der Waals surface area contributed by atoms with Crippen LogP contribution in [-0.4, -0.2) is 16.9 Å². The second-order valence-corrected chi connectivity index (χ2v) is 3.43. The molecule has 1 rings (SSSR count). The standard InChI is InChI=1S/C6H9BrO2/c1-4-5(7)2-3-6(8)9-4/h4-5H,2-3H2,1H3. The average molecular weight is 193 g/mol. The van der Waals surface area contributed by atoms with Crippen molar-refractivity contribution in [2.45, 2.75) is 30.7 Å². The third-order valence-corrected chi connectivity index (χ3v) is 2.65. The molecule has 0 amide bonds. The zero-order chi connectivity index (χ0) is 6.85. The molecule has 1 fully saturated rings. The van der Waals surface area contributed by atoms with E-state index in [0.29, 0.717) is 11.2 Å². The molecule has 0 N–H and O–H groups in total. The van der Waals surface area contributed by atoms with Crippen LogP contribution in [0.5, 0.6) is 0 Å². The minimum Gasteiger partial charge on any atom is -0.461 e. The normalized spacial score (nSPS) is 36.0. The van der Waals surface area contributed by atoms with E-state index in [2.05, 4.69) is 15.9 Å². The maximum absolute atomic E-state index is 10.6. The molecule has 0 aromatic rings. The highest BCUT2D eigenvalue weighted by Gasteiger charge is 2.24. The van der Waals surface area contributed by atoms with Crippen LogP contribution in [0.3, 0.4) is 0 Å². The van der Waals surface area contributed by atoms with Crippen LogP contribution in [0.25, 0.3) is 0 Å². The van der Waals surface area contributed by atoms with Crippen LogP contribution in [0, 0.1) is 0 Å². The van der Waals surface area contributed by atoms with Gasteiger partial charge in [0.05, 0.1) is 4.83 Å². The molecule has 0 spiro atoms. The number of carbonyl (C=O) groups excluding carboxylic acids is 1. The van der Waals surface area contributed by atoms with Crippen molar-refractivity contribution in [2.75, 3.05) is 0 Å². The van der Waals surface area contributed by atoms with Crippen LogP contribution >= 0.6 is 15.9 Å². The lowest BCUT2D eigenvalue weighted by atomic mass is 10.1. The number of ether oxygens (including phenoxy) is 1. The summed E-state index contributed by atoms with van der Waals surface area (Å²) in [6.07, 6.45) is 1.51. The Balaban J connectivity index is 2.44. The van der Waals surface area contributed by atoms with Gasteiger partial charge in [0.1, 0.15) is 6.10 Å². The van der Waals surface area contributed by atoms with E-state index in [4.69, 9.17) is 4.74 Å². The molecule has 52 valence electrons. The van der Waals surface area contributed by atoms with E-state index in [1.54, 1.807) is 0 Å². The summed E-state index contributed by atoms with van der Waals surface area (Å²) in [4.78, 5) is 10.9. The number of esters is 1. The lowest BCUT2D eigenvalue weighted by Crippen LogP contribution is -2.30. The Bertz CT molecular complexity index is 124. The van der Waals surface area contributed by atoms with E-state index in [1.165, 1.54) is 0 Å². The molecule has 2 atom stereocenters. The fourth-order valence-corrected chi connectivity index (χ4v) is 1.17. The third-order valence-electron chi connectivity index (χ3n) is 1.45. The first-order chi connectivity index (χ1) is 4.20. The van der Waals surface area contributed by atoms with Gasteiger partial charge in [-0.15, -0.1) is 0 Å². The first kappa shape index (κ1) is 7.06. The summed E-state index contributed by atoms with van der Waals surface area (Å²) < 4.78 is 4.91. The zero-order valence-electron chi connectivity index (χ0n) is 5.26. The number of halogens is 1. The monoisotopic (exact) mass is 192 g/mol. The molecular formula is C6H9BrO2. The van der Waals surface area contributed by atoms with E-state index in [-0.39, 0.29) is 12.1 Å². The number of alkyl halides is 1. The molecule has 3 heteroatoms. The van der Waals surface area contributed by atoms with Crippen LogP contribution in [-0.2, 0) is 9.53 Å². The highest BCUT2D eigenvalue weighted by Crippen LogP contribution is 2.20. The highest BCUT2D eigenvalue weighted by atomic mass is 79.9. The molecule has 0 saturated carbocycles. The molecular weight excluding hydrogens is 184 g/mol. The summed E-state index contributed by atoms with van der Waals surface area (Å²) >= 11 is 3.40. The summed E-state index contributed by atoms with van der Waals surface area (Å²) in [5, 5.41) is 0. The largest absolute Gasteiger partial charge is 0.461 e. The molecule has 1 aliphatic rings.